The second-order valence-corrected chi connectivity index (χ2v) is 9.58. The van der Waals surface area contributed by atoms with Crippen LogP contribution in [-0.4, -0.2) is 28.2 Å². The van der Waals surface area contributed by atoms with Gasteiger partial charge < -0.3 is 10.2 Å². The van der Waals surface area contributed by atoms with E-state index in [9.17, 15) is 15.0 Å². The van der Waals surface area contributed by atoms with Crippen LogP contribution in [0.25, 0.3) is 0 Å². The molecular formula is C20H30O3. The highest BCUT2D eigenvalue weighted by Gasteiger charge is 2.70. The van der Waals surface area contributed by atoms with Gasteiger partial charge in [0.05, 0.1) is 12.2 Å². The maximum absolute atomic E-state index is 12.5. The van der Waals surface area contributed by atoms with Crippen molar-refractivity contribution in [1.82, 2.24) is 0 Å². The van der Waals surface area contributed by atoms with Gasteiger partial charge in [-0.1, -0.05) is 32.9 Å². The Labute approximate surface area is 139 Å². The fourth-order valence-electron chi connectivity index (χ4n) is 7.35. The summed E-state index contributed by atoms with van der Waals surface area (Å²) in [6.07, 6.45) is 4.01. The number of aliphatic hydroxyl groups is 2. The Morgan fingerprint density at radius 2 is 1.83 bits per heavy atom. The highest BCUT2D eigenvalue weighted by atomic mass is 16.3. The molecule has 128 valence electrons. The Hall–Kier alpha value is -0.670. The van der Waals surface area contributed by atoms with Gasteiger partial charge in [-0.15, -0.1) is 0 Å². The number of aliphatic hydroxyl groups excluding tert-OH is 2. The summed E-state index contributed by atoms with van der Waals surface area (Å²) in [5.74, 6) is 1.01. The molecule has 23 heavy (non-hydrogen) atoms. The molecule has 2 bridgehead atoms. The Balaban J connectivity index is 1.83. The molecular weight excluding hydrogens is 288 g/mol. The second-order valence-electron chi connectivity index (χ2n) is 9.58. The molecule has 0 heterocycles. The molecule has 4 fully saturated rings. The van der Waals surface area contributed by atoms with E-state index in [1.165, 1.54) is 0 Å². The molecule has 4 aliphatic rings. The van der Waals surface area contributed by atoms with Crippen molar-refractivity contribution >= 4 is 5.78 Å². The molecule has 2 N–H and O–H groups in total. The molecule has 4 aliphatic carbocycles. The van der Waals surface area contributed by atoms with Gasteiger partial charge in [-0.25, -0.2) is 0 Å². The van der Waals surface area contributed by atoms with Crippen molar-refractivity contribution in [3.8, 4) is 0 Å². The molecule has 0 unspecified atom stereocenters. The Morgan fingerprint density at radius 1 is 1.13 bits per heavy atom. The van der Waals surface area contributed by atoms with E-state index in [0.29, 0.717) is 24.5 Å². The van der Waals surface area contributed by atoms with Gasteiger partial charge in [-0.3, -0.25) is 4.79 Å². The zero-order valence-corrected chi connectivity index (χ0v) is 14.6. The standard InChI is InChI=1S/C20H30O3/c1-11-10-20-13(6-5-12(11)17(20)23)19(4)8-7-15(21)18(2,3)14(19)9-16(20)22/h12-14,16-17,22-23H,1,5-10H2,2-4H3/t12-,13-,14+,16+,17+,19-,20-/m0/s1. The Kier molecular flexibility index (Phi) is 3.09. The summed E-state index contributed by atoms with van der Waals surface area (Å²) < 4.78 is 0. The van der Waals surface area contributed by atoms with E-state index >= 15 is 0 Å². The summed E-state index contributed by atoms with van der Waals surface area (Å²) in [5.41, 5.74) is 0.384. The molecule has 0 aromatic carbocycles. The van der Waals surface area contributed by atoms with Crippen LogP contribution >= 0.6 is 0 Å². The van der Waals surface area contributed by atoms with Crippen LogP contribution in [0.5, 0.6) is 0 Å². The largest absolute Gasteiger partial charge is 0.392 e. The fourth-order valence-corrected chi connectivity index (χ4v) is 7.35. The number of hydrogen-bond donors (Lipinski definition) is 2. The van der Waals surface area contributed by atoms with E-state index in [-0.39, 0.29) is 22.7 Å². The third kappa shape index (κ3) is 1.66. The lowest BCUT2D eigenvalue weighted by atomic mass is 9.40. The molecule has 3 heteroatoms. The summed E-state index contributed by atoms with van der Waals surface area (Å²) in [7, 11) is 0. The molecule has 0 aliphatic heterocycles. The summed E-state index contributed by atoms with van der Waals surface area (Å²) in [5, 5.41) is 22.2. The second kappa shape index (κ2) is 4.49. The van der Waals surface area contributed by atoms with E-state index in [0.717, 1.165) is 31.3 Å². The van der Waals surface area contributed by atoms with Crippen LogP contribution in [-0.2, 0) is 4.79 Å². The third-order valence-electron chi connectivity index (χ3n) is 8.56. The first kappa shape index (κ1) is 15.8. The molecule has 0 amide bonds. The first-order valence-electron chi connectivity index (χ1n) is 9.23. The lowest BCUT2D eigenvalue weighted by Crippen LogP contribution is -2.66. The van der Waals surface area contributed by atoms with Crippen molar-refractivity contribution in [3.05, 3.63) is 12.2 Å². The smallest absolute Gasteiger partial charge is 0.138 e. The minimum atomic E-state index is -0.521. The monoisotopic (exact) mass is 318 g/mol. The summed E-state index contributed by atoms with van der Waals surface area (Å²) in [6.45, 7) is 10.7. The minimum absolute atomic E-state index is 0.0349. The van der Waals surface area contributed by atoms with Gasteiger partial charge in [0.15, 0.2) is 0 Å². The molecule has 0 aromatic heterocycles. The van der Waals surface area contributed by atoms with E-state index < -0.39 is 17.6 Å². The number of fused-ring (bicyclic) bond motifs is 3. The number of rotatable bonds is 0. The summed E-state index contributed by atoms with van der Waals surface area (Å²) in [6, 6.07) is 0. The quantitative estimate of drug-likeness (QED) is 0.675. The highest BCUT2D eigenvalue weighted by Crippen LogP contribution is 2.71. The van der Waals surface area contributed by atoms with Crippen LogP contribution in [0.2, 0.25) is 0 Å². The van der Waals surface area contributed by atoms with Crippen molar-refractivity contribution < 1.29 is 15.0 Å². The van der Waals surface area contributed by atoms with Crippen LogP contribution in [0.1, 0.15) is 59.3 Å². The van der Waals surface area contributed by atoms with Crippen molar-refractivity contribution in [2.45, 2.75) is 71.5 Å². The maximum Gasteiger partial charge on any atom is 0.138 e. The average molecular weight is 318 g/mol. The molecule has 1 spiro atoms. The number of carbonyl (C=O) groups is 1. The van der Waals surface area contributed by atoms with Crippen LogP contribution < -0.4 is 0 Å². The van der Waals surface area contributed by atoms with Crippen LogP contribution in [0.15, 0.2) is 12.2 Å². The van der Waals surface area contributed by atoms with E-state index in [1.807, 2.05) is 0 Å². The summed E-state index contributed by atoms with van der Waals surface area (Å²) >= 11 is 0. The van der Waals surface area contributed by atoms with E-state index in [4.69, 9.17) is 0 Å². The molecule has 0 radical (unpaired) electrons. The van der Waals surface area contributed by atoms with Crippen LogP contribution in [0, 0.1) is 34.0 Å². The van der Waals surface area contributed by atoms with Gasteiger partial charge in [-0.2, -0.15) is 0 Å². The fraction of sp³-hybridized carbons (Fsp3) is 0.850. The predicted octanol–water partition coefficient (Wildman–Crippen LogP) is 3.10. The van der Waals surface area contributed by atoms with E-state index in [1.54, 1.807) is 0 Å². The van der Waals surface area contributed by atoms with Crippen LogP contribution in [0.3, 0.4) is 0 Å². The number of Topliss-reactive ketones (excluding diaryl/α,β-unsaturated/α-hetero) is 1. The molecule has 7 atom stereocenters. The van der Waals surface area contributed by atoms with Crippen molar-refractivity contribution in [3.63, 3.8) is 0 Å². The highest BCUT2D eigenvalue weighted by molar-refractivity contribution is 5.85. The van der Waals surface area contributed by atoms with Crippen molar-refractivity contribution in [1.29, 1.82) is 0 Å². The Morgan fingerprint density at radius 3 is 2.52 bits per heavy atom. The number of carbonyl (C=O) groups excluding carboxylic acids is 1. The molecule has 4 rings (SSSR count). The topological polar surface area (TPSA) is 57.5 Å². The third-order valence-corrected chi connectivity index (χ3v) is 8.56. The van der Waals surface area contributed by atoms with Gasteiger partial charge >= 0.3 is 0 Å². The molecule has 0 saturated heterocycles. The molecule has 0 aromatic rings. The van der Waals surface area contributed by atoms with Crippen molar-refractivity contribution in [2.24, 2.45) is 34.0 Å². The number of ketones is 1. The van der Waals surface area contributed by atoms with Gasteiger partial charge in [0.1, 0.15) is 5.78 Å². The number of hydrogen-bond acceptors (Lipinski definition) is 3. The first-order valence-corrected chi connectivity index (χ1v) is 9.23. The van der Waals surface area contributed by atoms with Gasteiger partial charge in [0, 0.05) is 23.2 Å². The van der Waals surface area contributed by atoms with Crippen molar-refractivity contribution in [2.75, 3.05) is 0 Å². The first-order chi connectivity index (χ1) is 10.7. The maximum atomic E-state index is 12.5. The zero-order valence-electron chi connectivity index (χ0n) is 14.6. The zero-order chi connectivity index (χ0) is 16.8. The minimum Gasteiger partial charge on any atom is -0.392 e. The van der Waals surface area contributed by atoms with Crippen LogP contribution in [0.4, 0.5) is 0 Å². The van der Waals surface area contributed by atoms with Gasteiger partial charge in [0.25, 0.3) is 0 Å². The SMILES string of the molecule is C=C1C[C@@]23[C@H](O)C[C@@H]4C(C)(C)C(=O)CC[C@@]4(C)[C@@H]2CC[C@@H]1[C@H]3O. The average Bonchev–Trinajstić information content (AvgIpc) is 2.63. The summed E-state index contributed by atoms with van der Waals surface area (Å²) in [4.78, 5) is 12.5. The van der Waals surface area contributed by atoms with E-state index in [2.05, 4.69) is 27.4 Å². The molecule has 4 saturated carbocycles. The Bertz CT molecular complexity index is 579. The lowest BCUT2D eigenvalue weighted by Gasteiger charge is -2.65. The predicted molar refractivity (Wildman–Crippen MR) is 88.7 cm³/mol. The normalized spacial score (nSPS) is 54.6. The lowest BCUT2D eigenvalue weighted by molar-refractivity contribution is -0.227. The molecule has 3 nitrogen and oxygen atoms in total. The van der Waals surface area contributed by atoms with Gasteiger partial charge in [-0.05, 0) is 49.4 Å². The van der Waals surface area contributed by atoms with Gasteiger partial charge in [0.2, 0.25) is 0 Å².